The van der Waals surface area contributed by atoms with Gasteiger partial charge in [-0.3, -0.25) is 14.4 Å². The number of aliphatic hydroxyl groups is 2. The molecule has 7 heteroatoms. The number of allylic oxidation sites excluding steroid dienone is 1. The second-order valence-corrected chi connectivity index (χ2v) is 11.0. The Morgan fingerprint density at radius 1 is 1.19 bits per heavy atom. The van der Waals surface area contributed by atoms with Crippen molar-refractivity contribution in [2.24, 2.45) is 29.1 Å². The van der Waals surface area contributed by atoms with Gasteiger partial charge in [0.05, 0.1) is 11.5 Å². The fraction of sp³-hybridized carbons (Fsp3) is 0.500. The van der Waals surface area contributed by atoms with Gasteiger partial charge in [-0.05, 0) is 42.9 Å². The first kappa shape index (κ1) is 27.0. The molecule has 37 heavy (non-hydrogen) atoms. The molecule has 1 aromatic rings. The van der Waals surface area contributed by atoms with Gasteiger partial charge in [0.2, 0.25) is 5.91 Å². The van der Waals surface area contributed by atoms with Crippen LogP contribution in [0.25, 0.3) is 0 Å². The molecule has 7 nitrogen and oxygen atoms in total. The average Bonchev–Trinajstić information content (AvgIpc) is 3.13. The molecular weight excluding hydrogens is 470 g/mol. The summed E-state index contributed by atoms with van der Waals surface area (Å²) in [6, 6.07) is 9.50. The molecule has 1 aliphatic heterocycles. The Morgan fingerprint density at radius 3 is 2.51 bits per heavy atom. The quantitative estimate of drug-likeness (QED) is 0.428. The summed E-state index contributed by atoms with van der Waals surface area (Å²) in [5, 5.41) is 25.9. The minimum atomic E-state index is -1.81. The molecule has 2 aliphatic carbocycles. The van der Waals surface area contributed by atoms with Gasteiger partial charge in [-0.25, -0.2) is 0 Å². The van der Waals surface area contributed by atoms with E-state index in [4.69, 9.17) is 4.74 Å². The lowest BCUT2D eigenvalue weighted by molar-refractivity contribution is -0.163. The maximum absolute atomic E-state index is 14.1. The number of carbonyl (C=O) groups is 3. The molecule has 4 rings (SSSR count). The summed E-state index contributed by atoms with van der Waals surface area (Å²) < 4.78 is 5.76. The van der Waals surface area contributed by atoms with Gasteiger partial charge in [0.25, 0.3) is 0 Å². The summed E-state index contributed by atoms with van der Waals surface area (Å²) >= 11 is 0. The van der Waals surface area contributed by atoms with E-state index in [1.54, 1.807) is 19.1 Å². The molecule has 0 bridgehead atoms. The zero-order valence-electron chi connectivity index (χ0n) is 21.9. The molecule has 0 aromatic heterocycles. The van der Waals surface area contributed by atoms with Gasteiger partial charge in [-0.15, -0.1) is 0 Å². The van der Waals surface area contributed by atoms with E-state index < -0.39 is 46.9 Å². The maximum Gasteiger partial charge on any atom is 0.303 e. The highest BCUT2D eigenvalue weighted by atomic mass is 16.5. The van der Waals surface area contributed by atoms with Crippen LogP contribution >= 0.6 is 0 Å². The molecule has 1 aromatic carbocycles. The number of hydrogen-bond donors (Lipinski definition) is 3. The van der Waals surface area contributed by atoms with E-state index in [1.807, 2.05) is 37.3 Å². The highest BCUT2D eigenvalue weighted by Gasteiger charge is 2.68. The van der Waals surface area contributed by atoms with Crippen molar-refractivity contribution >= 4 is 17.7 Å². The third kappa shape index (κ3) is 4.59. The summed E-state index contributed by atoms with van der Waals surface area (Å²) in [6.45, 7) is 10.7. The van der Waals surface area contributed by atoms with Gasteiger partial charge >= 0.3 is 5.97 Å². The van der Waals surface area contributed by atoms with Crippen LogP contribution < -0.4 is 5.32 Å². The molecule has 2 fully saturated rings. The molecule has 3 N–H and O–H groups in total. The summed E-state index contributed by atoms with van der Waals surface area (Å²) in [5.74, 6) is -3.14. The second-order valence-electron chi connectivity index (χ2n) is 11.0. The van der Waals surface area contributed by atoms with E-state index in [9.17, 15) is 24.6 Å². The van der Waals surface area contributed by atoms with Gasteiger partial charge in [-0.1, -0.05) is 69.0 Å². The Morgan fingerprint density at radius 2 is 1.86 bits per heavy atom. The standard InChI is InChI=1S/C30H37NO6/c1-17-10-9-13-22-26(37-20(4)32)19(3)18(2)25-23(16-21-11-7-6-8-12-21)31-28(35)30(22,25)24(33)14-15-29(5,36)27(17)34/h6-9,11-15,17-18,22-26,33,36H,3,10,16H2,1-2,4-5H3,(H,31,35)/b13-9+,15-14+/t17?,18-,22+,23+,24-,25+,26-,29-,30-/m1/s1. The van der Waals surface area contributed by atoms with Crippen molar-refractivity contribution in [3.8, 4) is 0 Å². The molecule has 1 unspecified atom stereocenters. The topological polar surface area (TPSA) is 113 Å². The van der Waals surface area contributed by atoms with Gasteiger partial charge in [-0.2, -0.15) is 0 Å². The smallest absolute Gasteiger partial charge is 0.303 e. The Hall–Kier alpha value is -3.03. The van der Waals surface area contributed by atoms with Crippen molar-refractivity contribution in [1.82, 2.24) is 5.32 Å². The van der Waals surface area contributed by atoms with Crippen LogP contribution in [0.1, 0.15) is 39.7 Å². The summed E-state index contributed by atoms with van der Waals surface area (Å²) in [7, 11) is 0. The normalized spacial score (nSPS) is 41.6. The number of carbonyl (C=O) groups excluding carboxylic acids is 3. The predicted octanol–water partition coefficient (Wildman–Crippen LogP) is 2.92. The molecule has 1 spiro atoms. The molecule has 198 valence electrons. The molecule has 1 amide bonds. The first-order valence-corrected chi connectivity index (χ1v) is 12.9. The average molecular weight is 508 g/mol. The van der Waals surface area contributed by atoms with Crippen molar-refractivity contribution in [1.29, 1.82) is 0 Å². The predicted molar refractivity (Wildman–Crippen MR) is 139 cm³/mol. The lowest BCUT2D eigenvalue weighted by Crippen LogP contribution is -2.60. The van der Waals surface area contributed by atoms with E-state index in [-0.39, 0.29) is 23.7 Å². The Bertz CT molecular complexity index is 1140. The SMILES string of the molecule is C=C1[C@@H](C)[C@H]2[C@H](Cc3ccccc3)NC(=O)[C@]23[C@H](O)/C=C/[C@@](C)(O)C(=O)C(C)C/C=C/[C@H]3[C@@H]1OC(C)=O. The Balaban J connectivity index is 1.91. The van der Waals surface area contributed by atoms with E-state index in [0.29, 0.717) is 18.4 Å². The van der Waals surface area contributed by atoms with Gasteiger partial charge < -0.3 is 20.3 Å². The van der Waals surface area contributed by atoms with Crippen LogP contribution in [-0.4, -0.2) is 51.7 Å². The number of ketones is 1. The lowest BCUT2D eigenvalue weighted by atomic mass is 9.51. The molecule has 3 aliphatic rings. The Labute approximate surface area is 218 Å². The van der Waals surface area contributed by atoms with E-state index in [2.05, 4.69) is 11.9 Å². The number of benzene rings is 1. The van der Waals surface area contributed by atoms with Crippen molar-refractivity contribution in [2.75, 3.05) is 0 Å². The number of nitrogens with one attached hydrogen (secondary N) is 1. The van der Waals surface area contributed by atoms with Crippen molar-refractivity contribution in [2.45, 2.75) is 64.4 Å². The minimum absolute atomic E-state index is 0.282. The highest BCUT2D eigenvalue weighted by Crippen LogP contribution is 2.58. The van der Waals surface area contributed by atoms with Crippen LogP contribution in [0.15, 0.2) is 66.8 Å². The second kappa shape index (κ2) is 10.0. The largest absolute Gasteiger partial charge is 0.457 e. The van der Waals surface area contributed by atoms with Crippen molar-refractivity contribution < 1.29 is 29.3 Å². The van der Waals surface area contributed by atoms with Crippen LogP contribution in [0.4, 0.5) is 0 Å². The molecular formula is C30H37NO6. The summed E-state index contributed by atoms with van der Waals surface area (Å²) in [4.78, 5) is 39.1. The van der Waals surface area contributed by atoms with Crippen LogP contribution in [-0.2, 0) is 25.5 Å². The monoisotopic (exact) mass is 507 g/mol. The summed E-state index contributed by atoms with van der Waals surface area (Å²) in [6.07, 6.45) is 4.90. The number of hydrogen-bond acceptors (Lipinski definition) is 6. The van der Waals surface area contributed by atoms with E-state index in [1.165, 1.54) is 26.0 Å². The van der Waals surface area contributed by atoms with E-state index in [0.717, 1.165) is 5.56 Å². The number of esters is 1. The fourth-order valence-corrected chi connectivity index (χ4v) is 6.69. The highest BCUT2D eigenvalue weighted by molar-refractivity contribution is 5.91. The number of rotatable bonds is 3. The molecule has 1 heterocycles. The minimum Gasteiger partial charge on any atom is -0.457 e. The molecule has 1 saturated carbocycles. The Kier molecular flexibility index (Phi) is 7.32. The molecule has 0 radical (unpaired) electrons. The number of amides is 1. The molecule has 9 atom stereocenters. The van der Waals surface area contributed by atoms with Crippen LogP contribution in [0.3, 0.4) is 0 Å². The van der Waals surface area contributed by atoms with E-state index >= 15 is 0 Å². The zero-order valence-corrected chi connectivity index (χ0v) is 21.9. The first-order valence-electron chi connectivity index (χ1n) is 12.9. The third-order valence-corrected chi connectivity index (χ3v) is 8.52. The van der Waals surface area contributed by atoms with Crippen LogP contribution in [0, 0.1) is 29.1 Å². The fourth-order valence-electron chi connectivity index (χ4n) is 6.69. The van der Waals surface area contributed by atoms with Gasteiger partial charge in [0, 0.05) is 30.7 Å². The van der Waals surface area contributed by atoms with Crippen LogP contribution in [0.5, 0.6) is 0 Å². The van der Waals surface area contributed by atoms with Gasteiger partial charge in [0.1, 0.15) is 11.7 Å². The van der Waals surface area contributed by atoms with Gasteiger partial charge in [0.15, 0.2) is 5.78 Å². The number of Topliss-reactive ketones (excluding diaryl/α,β-unsaturated/α-hetero) is 1. The zero-order chi connectivity index (χ0) is 27.1. The lowest BCUT2D eigenvalue weighted by Gasteiger charge is -2.52. The first-order chi connectivity index (χ1) is 17.4. The van der Waals surface area contributed by atoms with Crippen LogP contribution in [0.2, 0.25) is 0 Å². The maximum atomic E-state index is 14.1. The van der Waals surface area contributed by atoms with Crippen molar-refractivity contribution in [3.05, 3.63) is 72.4 Å². The number of ether oxygens (including phenoxy) is 1. The number of aliphatic hydroxyl groups excluding tert-OH is 1. The van der Waals surface area contributed by atoms with Crippen molar-refractivity contribution in [3.63, 3.8) is 0 Å². The summed E-state index contributed by atoms with van der Waals surface area (Å²) in [5.41, 5.74) is -1.50. The molecule has 1 saturated heterocycles. The third-order valence-electron chi connectivity index (χ3n) is 8.52.